The van der Waals surface area contributed by atoms with Crippen LogP contribution in [0.4, 0.5) is 0 Å². The summed E-state index contributed by atoms with van der Waals surface area (Å²) in [7, 11) is 0. The second kappa shape index (κ2) is 7.45. The van der Waals surface area contributed by atoms with Crippen LogP contribution in [0, 0.1) is 0 Å². The normalized spacial score (nSPS) is 13.0. The maximum atomic E-state index is 10.8. The van der Waals surface area contributed by atoms with Crippen molar-refractivity contribution in [3.8, 4) is 11.6 Å². The van der Waals surface area contributed by atoms with E-state index in [4.69, 9.17) is 28.3 Å². The lowest BCUT2D eigenvalue weighted by Gasteiger charge is -2.11. The third-order valence-corrected chi connectivity index (χ3v) is 4.41. The first-order valence-electron chi connectivity index (χ1n) is 7.60. The van der Waals surface area contributed by atoms with E-state index in [9.17, 15) is 10.2 Å². The van der Waals surface area contributed by atoms with Crippen molar-refractivity contribution in [3.05, 3.63) is 58.1 Å². The average Bonchev–Trinajstić information content (AvgIpc) is 2.87. The van der Waals surface area contributed by atoms with Gasteiger partial charge in [0.25, 0.3) is 0 Å². The lowest BCUT2D eigenvalue weighted by atomic mass is 10.2. The summed E-state index contributed by atoms with van der Waals surface area (Å²) < 4.78 is 1.57. The van der Waals surface area contributed by atoms with Crippen molar-refractivity contribution in [1.82, 2.24) is 4.57 Å². The van der Waals surface area contributed by atoms with E-state index in [1.54, 1.807) is 22.8 Å². The molecule has 1 aromatic heterocycles. The summed E-state index contributed by atoms with van der Waals surface area (Å²) in [5, 5.41) is 30.6. The Morgan fingerprint density at radius 3 is 2.44 bits per heavy atom. The SMILES string of the molecule is OC[C@H](O)CN=Cc1c(O)n(-c2c(Cl)cccc2Cl)c2ccccc12. The zero-order valence-corrected chi connectivity index (χ0v) is 14.6. The van der Waals surface area contributed by atoms with Gasteiger partial charge >= 0.3 is 0 Å². The molecule has 0 fully saturated rings. The number of rotatable bonds is 5. The topological polar surface area (TPSA) is 78.0 Å². The van der Waals surface area contributed by atoms with Crippen molar-refractivity contribution >= 4 is 40.3 Å². The van der Waals surface area contributed by atoms with Gasteiger partial charge < -0.3 is 15.3 Å². The van der Waals surface area contributed by atoms with E-state index in [2.05, 4.69) is 4.99 Å². The Kier molecular flexibility index (Phi) is 5.30. The molecule has 0 amide bonds. The maximum Gasteiger partial charge on any atom is 0.205 e. The van der Waals surface area contributed by atoms with E-state index in [-0.39, 0.29) is 19.0 Å². The molecule has 5 nitrogen and oxygen atoms in total. The van der Waals surface area contributed by atoms with Gasteiger partial charge in [-0.15, -0.1) is 0 Å². The lowest BCUT2D eigenvalue weighted by molar-refractivity contribution is 0.102. The van der Waals surface area contributed by atoms with Gasteiger partial charge in [-0.1, -0.05) is 47.5 Å². The first-order valence-corrected chi connectivity index (χ1v) is 8.35. The van der Waals surface area contributed by atoms with Crippen molar-refractivity contribution in [2.45, 2.75) is 6.10 Å². The number of para-hydroxylation sites is 2. The Hall–Kier alpha value is -2.05. The standard InChI is InChI=1S/C18H16Cl2N2O3/c19-14-5-3-6-15(20)17(14)22-16-7-2-1-4-12(16)13(18(22)25)9-21-8-11(24)10-23/h1-7,9,11,23-25H,8,10H2/t11-/m1/s1. The van der Waals surface area contributed by atoms with Crippen LogP contribution in [0.3, 0.4) is 0 Å². The summed E-state index contributed by atoms with van der Waals surface area (Å²) in [6.45, 7) is -0.345. The number of aliphatic hydroxyl groups is 2. The van der Waals surface area contributed by atoms with Crippen LogP contribution < -0.4 is 0 Å². The summed E-state index contributed by atoms with van der Waals surface area (Å²) in [4.78, 5) is 4.10. The molecule has 2 aromatic carbocycles. The van der Waals surface area contributed by atoms with E-state index < -0.39 is 6.10 Å². The van der Waals surface area contributed by atoms with Crippen LogP contribution in [-0.4, -0.2) is 45.4 Å². The number of fused-ring (bicyclic) bond motifs is 1. The monoisotopic (exact) mass is 378 g/mol. The Morgan fingerprint density at radius 1 is 1.08 bits per heavy atom. The zero-order chi connectivity index (χ0) is 18.0. The molecular formula is C18H16Cl2N2O3. The van der Waals surface area contributed by atoms with E-state index in [0.29, 0.717) is 21.3 Å². The number of aliphatic imine (C=N–C) groups is 1. The number of halogens is 2. The van der Waals surface area contributed by atoms with Gasteiger partial charge in [0, 0.05) is 11.6 Å². The summed E-state index contributed by atoms with van der Waals surface area (Å²) in [6, 6.07) is 12.5. The van der Waals surface area contributed by atoms with Gasteiger partial charge in [0.05, 0.1) is 46.1 Å². The number of nitrogens with zero attached hydrogens (tertiary/aromatic N) is 2. The molecule has 1 atom stereocenters. The molecular weight excluding hydrogens is 363 g/mol. The molecule has 0 aliphatic heterocycles. The minimum Gasteiger partial charge on any atom is -0.494 e. The van der Waals surface area contributed by atoms with Crippen molar-refractivity contribution in [3.63, 3.8) is 0 Å². The molecule has 0 unspecified atom stereocenters. The van der Waals surface area contributed by atoms with Gasteiger partial charge in [0.1, 0.15) is 0 Å². The summed E-state index contributed by atoms with van der Waals surface area (Å²) in [5.41, 5.74) is 1.69. The number of hydrogen-bond donors (Lipinski definition) is 3. The second-order valence-corrected chi connectivity index (χ2v) is 6.31. The average molecular weight is 379 g/mol. The van der Waals surface area contributed by atoms with Crippen LogP contribution in [0.5, 0.6) is 5.88 Å². The smallest absolute Gasteiger partial charge is 0.205 e. The first-order chi connectivity index (χ1) is 12.0. The minimum absolute atomic E-state index is 0.0301. The quantitative estimate of drug-likeness (QED) is 0.595. The Labute approximate surface area is 154 Å². The molecule has 0 aliphatic carbocycles. The molecule has 3 N–H and O–H groups in total. The van der Waals surface area contributed by atoms with Crippen LogP contribution in [0.2, 0.25) is 10.0 Å². The molecule has 3 rings (SSSR count). The first kappa shape index (κ1) is 17.8. The minimum atomic E-state index is -0.940. The van der Waals surface area contributed by atoms with Crippen molar-refractivity contribution in [2.75, 3.05) is 13.2 Å². The highest BCUT2D eigenvalue weighted by Gasteiger charge is 2.19. The van der Waals surface area contributed by atoms with E-state index in [1.807, 2.05) is 24.3 Å². The largest absolute Gasteiger partial charge is 0.494 e. The number of aromatic hydroxyl groups is 1. The van der Waals surface area contributed by atoms with Gasteiger partial charge in [-0.2, -0.15) is 0 Å². The van der Waals surface area contributed by atoms with E-state index in [1.165, 1.54) is 6.21 Å². The van der Waals surface area contributed by atoms with Crippen molar-refractivity contribution in [1.29, 1.82) is 0 Å². The highest BCUT2D eigenvalue weighted by molar-refractivity contribution is 6.38. The molecule has 1 heterocycles. The van der Waals surface area contributed by atoms with Gasteiger partial charge in [-0.3, -0.25) is 9.56 Å². The van der Waals surface area contributed by atoms with Crippen molar-refractivity contribution < 1.29 is 15.3 Å². The number of hydrogen-bond acceptors (Lipinski definition) is 4. The van der Waals surface area contributed by atoms with E-state index in [0.717, 1.165) is 10.9 Å². The number of aliphatic hydroxyl groups excluding tert-OH is 2. The third kappa shape index (κ3) is 3.37. The molecule has 0 aliphatic rings. The molecule has 130 valence electrons. The molecule has 0 saturated heterocycles. The van der Waals surface area contributed by atoms with E-state index >= 15 is 0 Å². The van der Waals surface area contributed by atoms with Crippen LogP contribution in [0.15, 0.2) is 47.5 Å². The molecule has 0 radical (unpaired) electrons. The zero-order valence-electron chi connectivity index (χ0n) is 13.1. The van der Waals surface area contributed by atoms with Crippen LogP contribution >= 0.6 is 23.2 Å². The summed E-state index contributed by atoms with van der Waals surface area (Å²) in [5.74, 6) is -0.0570. The highest BCUT2D eigenvalue weighted by Crippen LogP contribution is 2.38. The fourth-order valence-electron chi connectivity index (χ4n) is 2.63. The lowest BCUT2D eigenvalue weighted by Crippen LogP contribution is -2.15. The van der Waals surface area contributed by atoms with Crippen LogP contribution in [0.25, 0.3) is 16.6 Å². The fraction of sp³-hybridized carbons (Fsp3) is 0.167. The molecule has 3 aromatic rings. The third-order valence-electron chi connectivity index (χ3n) is 3.80. The van der Waals surface area contributed by atoms with Gasteiger partial charge in [-0.05, 0) is 18.2 Å². The Balaban J connectivity index is 2.20. The molecule has 0 bridgehead atoms. The van der Waals surface area contributed by atoms with Gasteiger partial charge in [0.15, 0.2) is 0 Å². The highest BCUT2D eigenvalue weighted by atomic mass is 35.5. The van der Waals surface area contributed by atoms with Crippen molar-refractivity contribution in [2.24, 2.45) is 4.99 Å². The fourth-order valence-corrected chi connectivity index (χ4v) is 3.20. The number of benzene rings is 2. The van der Waals surface area contributed by atoms with Crippen LogP contribution in [0.1, 0.15) is 5.56 Å². The Bertz CT molecular complexity index is 917. The number of aromatic nitrogens is 1. The van der Waals surface area contributed by atoms with Crippen LogP contribution in [-0.2, 0) is 0 Å². The Morgan fingerprint density at radius 2 is 1.76 bits per heavy atom. The summed E-state index contributed by atoms with van der Waals surface area (Å²) in [6.07, 6.45) is 0.530. The predicted molar refractivity (Wildman–Crippen MR) is 101 cm³/mol. The molecule has 0 saturated carbocycles. The predicted octanol–water partition coefficient (Wildman–Crippen LogP) is 3.42. The van der Waals surface area contributed by atoms with Gasteiger partial charge in [-0.25, -0.2) is 0 Å². The molecule has 7 heteroatoms. The van der Waals surface area contributed by atoms with Gasteiger partial charge in [0.2, 0.25) is 5.88 Å². The summed E-state index contributed by atoms with van der Waals surface area (Å²) >= 11 is 12.6. The second-order valence-electron chi connectivity index (χ2n) is 5.49. The molecule has 25 heavy (non-hydrogen) atoms. The molecule has 0 spiro atoms. The maximum absolute atomic E-state index is 10.8.